The largest absolute Gasteiger partial charge is 0.389 e. The highest BCUT2D eigenvalue weighted by Crippen LogP contribution is 2.10. The first kappa shape index (κ1) is 17.1. The van der Waals surface area contributed by atoms with E-state index < -0.39 is 6.10 Å². The average Bonchev–Trinajstić information content (AvgIpc) is 2.45. The van der Waals surface area contributed by atoms with Crippen molar-refractivity contribution < 1.29 is 14.6 Å². The predicted molar refractivity (Wildman–Crippen MR) is 80.8 cm³/mol. The highest BCUT2D eigenvalue weighted by molar-refractivity contribution is 5.17. The minimum atomic E-state index is -0.500. The van der Waals surface area contributed by atoms with Gasteiger partial charge in [0.25, 0.3) is 0 Å². The van der Waals surface area contributed by atoms with Crippen molar-refractivity contribution in [2.75, 3.05) is 26.4 Å². The maximum absolute atomic E-state index is 9.83. The molecule has 1 unspecified atom stereocenters. The maximum atomic E-state index is 9.83. The van der Waals surface area contributed by atoms with Crippen LogP contribution in [0, 0.1) is 0 Å². The average molecular weight is 281 g/mol. The summed E-state index contributed by atoms with van der Waals surface area (Å²) in [5.41, 5.74) is 1.21. The van der Waals surface area contributed by atoms with E-state index in [1.807, 2.05) is 32.0 Å². The Kier molecular flexibility index (Phi) is 8.46. The molecule has 1 rings (SSSR count). The van der Waals surface area contributed by atoms with E-state index in [4.69, 9.17) is 9.47 Å². The first-order chi connectivity index (χ1) is 9.59. The van der Waals surface area contributed by atoms with Crippen LogP contribution in [-0.2, 0) is 9.47 Å². The van der Waals surface area contributed by atoms with E-state index >= 15 is 0 Å². The predicted octanol–water partition coefficient (Wildman–Crippen LogP) is 2.14. The van der Waals surface area contributed by atoms with Crippen LogP contribution in [0.3, 0.4) is 0 Å². The van der Waals surface area contributed by atoms with E-state index in [0.717, 1.165) is 0 Å². The Balaban J connectivity index is 2.09. The monoisotopic (exact) mass is 281 g/mol. The van der Waals surface area contributed by atoms with Crippen molar-refractivity contribution in [3.63, 3.8) is 0 Å². The van der Waals surface area contributed by atoms with Gasteiger partial charge in [0.1, 0.15) is 0 Å². The van der Waals surface area contributed by atoms with E-state index in [1.54, 1.807) is 0 Å². The Morgan fingerprint density at radius 3 is 2.45 bits per heavy atom. The molecule has 0 aliphatic heterocycles. The molecule has 0 fully saturated rings. The molecule has 0 heterocycles. The Labute approximate surface area is 122 Å². The van der Waals surface area contributed by atoms with E-state index in [9.17, 15) is 5.11 Å². The fraction of sp³-hybridized carbons (Fsp3) is 0.625. The Bertz CT molecular complexity index is 343. The van der Waals surface area contributed by atoms with Crippen molar-refractivity contribution in [3.05, 3.63) is 35.9 Å². The number of hydrogen-bond acceptors (Lipinski definition) is 4. The molecule has 0 bridgehead atoms. The minimum Gasteiger partial charge on any atom is -0.389 e. The van der Waals surface area contributed by atoms with Gasteiger partial charge in [-0.2, -0.15) is 0 Å². The van der Waals surface area contributed by atoms with Gasteiger partial charge in [-0.25, -0.2) is 0 Å². The normalized spacial score (nSPS) is 14.4. The van der Waals surface area contributed by atoms with Crippen LogP contribution in [0.25, 0.3) is 0 Å². The summed E-state index contributed by atoms with van der Waals surface area (Å²) in [7, 11) is 0. The fourth-order valence-electron chi connectivity index (χ4n) is 1.79. The van der Waals surface area contributed by atoms with Crippen molar-refractivity contribution >= 4 is 0 Å². The van der Waals surface area contributed by atoms with Gasteiger partial charge in [-0.3, -0.25) is 0 Å². The molecule has 1 aromatic carbocycles. The minimum absolute atomic E-state index is 0.218. The zero-order chi connectivity index (χ0) is 14.8. The topological polar surface area (TPSA) is 50.7 Å². The smallest absolute Gasteiger partial charge is 0.0897 e. The van der Waals surface area contributed by atoms with Crippen molar-refractivity contribution in [2.45, 2.75) is 39.0 Å². The van der Waals surface area contributed by atoms with Gasteiger partial charge in [0.2, 0.25) is 0 Å². The molecule has 2 atom stereocenters. The summed E-state index contributed by atoms with van der Waals surface area (Å²) < 4.78 is 10.7. The summed E-state index contributed by atoms with van der Waals surface area (Å²) in [4.78, 5) is 0. The number of nitrogens with one attached hydrogen (secondary N) is 1. The summed E-state index contributed by atoms with van der Waals surface area (Å²) in [6.07, 6.45) is -0.280. The first-order valence-corrected chi connectivity index (χ1v) is 7.25. The number of hydrogen-bond donors (Lipinski definition) is 2. The standard InChI is InChI=1S/C16H27NO3/c1-13(2)20-10-9-19-12-16(18)11-17-14(3)15-7-5-4-6-8-15/h4-8,13-14,16-18H,9-12H2,1-3H3/t14-,16?/m0/s1. The van der Waals surface area contributed by atoms with Crippen LogP contribution in [0.2, 0.25) is 0 Å². The van der Waals surface area contributed by atoms with Gasteiger partial charge in [0, 0.05) is 12.6 Å². The number of ether oxygens (including phenoxy) is 2. The first-order valence-electron chi connectivity index (χ1n) is 7.25. The fourth-order valence-corrected chi connectivity index (χ4v) is 1.79. The summed E-state index contributed by atoms with van der Waals surface area (Å²) in [6.45, 7) is 7.99. The van der Waals surface area contributed by atoms with Gasteiger partial charge in [-0.05, 0) is 26.3 Å². The molecule has 0 radical (unpaired) electrons. The van der Waals surface area contributed by atoms with Crippen LogP contribution in [0.1, 0.15) is 32.4 Å². The molecule has 4 heteroatoms. The van der Waals surface area contributed by atoms with Crippen molar-refractivity contribution in [1.29, 1.82) is 0 Å². The second kappa shape index (κ2) is 9.88. The van der Waals surface area contributed by atoms with E-state index in [0.29, 0.717) is 26.4 Å². The third-order valence-electron chi connectivity index (χ3n) is 2.95. The van der Waals surface area contributed by atoms with Gasteiger partial charge < -0.3 is 19.9 Å². The van der Waals surface area contributed by atoms with Crippen LogP contribution in [0.5, 0.6) is 0 Å². The number of aliphatic hydroxyl groups excluding tert-OH is 1. The van der Waals surface area contributed by atoms with Crippen LogP contribution < -0.4 is 5.32 Å². The lowest BCUT2D eigenvalue weighted by atomic mass is 10.1. The highest BCUT2D eigenvalue weighted by Gasteiger charge is 2.08. The zero-order valence-electron chi connectivity index (χ0n) is 12.7. The van der Waals surface area contributed by atoms with Gasteiger partial charge in [0.05, 0.1) is 32.0 Å². The van der Waals surface area contributed by atoms with Gasteiger partial charge >= 0.3 is 0 Å². The van der Waals surface area contributed by atoms with Gasteiger partial charge in [-0.15, -0.1) is 0 Å². The molecule has 0 saturated heterocycles. The SMILES string of the molecule is CC(C)OCCOCC(O)CN[C@@H](C)c1ccccc1. The van der Waals surface area contributed by atoms with Crippen molar-refractivity contribution in [2.24, 2.45) is 0 Å². The molecule has 1 aromatic rings. The third-order valence-corrected chi connectivity index (χ3v) is 2.95. The molecule has 0 saturated carbocycles. The lowest BCUT2D eigenvalue weighted by molar-refractivity contribution is -0.0104. The maximum Gasteiger partial charge on any atom is 0.0897 e. The number of rotatable bonds is 10. The van der Waals surface area contributed by atoms with E-state index in [2.05, 4.69) is 24.4 Å². The molecule has 114 valence electrons. The van der Waals surface area contributed by atoms with Gasteiger partial charge in [0.15, 0.2) is 0 Å². The van der Waals surface area contributed by atoms with Crippen LogP contribution in [0.15, 0.2) is 30.3 Å². The Hall–Kier alpha value is -0.940. The molecule has 20 heavy (non-hydrogen) atoms. The quantitative estimate of drug-likeness (QED) is 0.645. The summed E-state index contributed by atoms with van der Waals surface area (Å²) in [5, 5.41) is 13.1. The summed E-state index contributed by atoms with van der Waals surface area (Å²) >= 11 is 0. The second-order valence-corrected chi connectivity index (χ2v) is 5.19. The molecule has 0 aromatic heterocycles. The molecule has 0 amide bonds. The van der Waals surface area contributed by atoms with Gasteiger partial charge in [-0.1, -0.05) is 30.3 Å². The summed E-state index contributed by atoms with van der Waals surface area (Å²) in [5.74, 6) is 0. The molecular weight excluding hydrogens is 254 g/mol. The second-order valence-electron chi connectivity index (χ2n) is 5.19. The lowest BCUT2D eigenvalue weighted by Gasteiger charge is -2.17. The Morgan fingerprint density at radius 1 is 1.10 bits per heavy atom. The number of benzene rings is 1. The van der Waals surface area contributed by atoms with E-state index in [-0.39, 0.29) is 12.1 Å². The van der Waals surface area contributed by atoms with Crippen LogP contribution in [-0.4, -0.2) is 43.7 Å². The molecule has 4 nitrogen and oxygen atoms in total. The Morgan fingerprint density at radius 2 is 1.80 bits per heavy atom. The molecular formula is C16H27NO3. The molecule has 2 N–H and O–H groups in total. The van der Waals surface area contributed by atoms with Crippen LogP contribution in [0.4, 0.5) is 0 Å². The van der Waals surface area contributed by atoms with Crippen molar-refractivity contribution in [1.82, 2.24) is 5.32 Å². The third kappa shape index (κ3) is 7.60. The highest BCUT2D eigenvalue weighted by atomic mass is 16.5. The molecule has 0 aliphatic rings. The van der Waals surface area contributed by atoms with E-state index in [1.165, 1.54) is 5.56 Å². The molecule has 0 spiro atoms. The number of aliphatic hydroxyl groups is 1. The zero-order valence-corrected chi connectivity index (χ0v) is 12.7. The van der Waals surface area contributed by atoms with Crippen molar-refractivity contribution in [3.8, 4) is 0 Å². The lowest BCUT2D eigenvalue weighted by Crippen LogP contribution is -2.32. The molecule has 0 aliphatic carbocycles. The van der Waals surface area contributed by atoms with Crippen LogP contribution >= 0.6 is 0 Å². The summed E-state index contributed by atoms with van der Waals surface area (Å²) in [6, 6.07) is 10.4.